The highest BCUT2D eigenvalue weighted by molar-refractivity contribution is 6.98. The Morgan fingerprint density at radius 2 is 0.763 bits per heavy atom. The van der Waals surface area contributed by atoms with Crippen molar-refractivity contribution in [1.29, 1.82) is 0 Å². The maximum Gasteiger partial charge on any atom is 0.247 e. The quantitative estimate of drug-likeness (QED) is 0.147. The van der Waals surface area contributed by atoms with Crippen LogP contribution in [0.5, 0.6) is 0 Å². The van der Waals surface area contributed by atoms with E-state index >= 15 is 0 Å². The van der Waals surface area contributed by atoms with Gasteiger partial charge in [0.05, 0.1) is 22.1 Å². The minimum atomic E-state index is -0.0549. The molecule has 1 unspecified atom stereocenters. The molecule has 4 heterocycles. The van der Waals surface area contributed by atoms with Crippen molar-refractivity contribution in [2.75, 3.05) is 0 Å². The van der Waals surface area contributed by atoms with Crippen LogP contribution in [0.1, 0.15) is 56.0 Å². The monoisotopic (exact) mass is 970 g/mol. The van der Waals surface area contributed by atoms with Crippen molar-refractivity contribution in [1.82, 2.24) is 9.13 Å². The van der Waals surface area contributed by atoms with Gasteiger partial charge in [-0.3, -0.25) is 0 Å². The maximum absolute atomic E-state index is 2.68. The first kappa shape index (κ1) is 44.6. The van der Waals surface area contributed by atoms with E-state index in [-0.39, 0.29) is 12.6 Å². The van der Waals surface area contributed by atoms with E-state index in [0.717, 1.165) is 0 Å². The number of nitrogens with zero attached hydrogens (tertiary/aromatic N) is 2. The van der Waals surface area contributed by atoms with Gasteiger partial charge in [-0.05, 0) is 149 Å². The number of aryl methyl sites for hydroxylation is 6. The second kappa shape index (κ2) is 16.8. The zero-order valence-electron chi connectivity index (χ0n) is 43.8. The lowest BCUT2D eigenvalue weighted by atomic mass is 9.34. The fraction of sp³-hybridized carbons (Fsp3) is 0.0959. The third-order valence-electron chi connectivity index (χ3n) is 17.2. The van der Waals surface area contributed by atoms with E-state index in [4.69, 9.17) is 0 Å². The minimum absolute atomic E-state index is 0.0549. The molecule has 2 aromatic heterocycles. The number of aromatic nitrogens is 2. The van der Waals surface area contributed by atoms with Crippen molar-refractivity contribution in [2.45, 2.75) is 47.5 Å². The minimum Gasteiger partial charge on any atom is -0.310 e. The Labute approximate surface area is 445 Å². The predicted molar refractivity (Wildman–Crippen MR) is 324 cm³/mol. The molecule has 76 heavy (non-hydrogen) atoms. The fourth-order valence-corrected chi connectivity index (χ4v) is 14.5. The van der Waals surface area contributed by atoms with Crippen LogP contribution in [0, 0.1) is 41.5 Å². The van der Waals surface area contributed by atoms with Crippen LogP contribution in [-0.2, 0) is 0 Å². The Balaban J connectivity index is 1.16. The Morgan fingerprint density at radius 1 is 0.329 bits per heavy atom. The molecule has 0 saturated heterocycles. The van der Waals surface area contributed by atoms with Gasteiger partial charge in [-0.25, -0.2) is 0 Å². The average Bonchev–Trinajstić information content (AvgIpc) is 4.18. The van der Waals surface area contributed by atoms with Crippen molar-refractivity contribution in [3.05, 3.63) is 268 Å². The summed E-state index contributed by atoms with van der Waals surface area (Å²) in [5.74, 6) is -0.0549. The second-order valence-corrected chi connectivity index (χ2v) is 21.8. The van der Waals surface area contributed by atoms with Gasteiger partial charge in [0.15, 0.2) is 0 Å². The zero-order valence-corrected chi connectivity index (χ0v) is 43.8. The van der Waals surface area contributed by atoms with Crippen molar-refractivity contribution < 1.29 is 0 Å². The molecule has 2 nitrogen and oxygen atoms in total. The summed E-state index contributed by atoms with van der Waals surface area (Å²) in [5.41, 5.74) is 33.4. The molecule has 15 rings (SSSR count). The third kappa shape index (κ3) is 6.36. The number of benzene rings is 11. The van der Waals surface area contributed by atoms with E-state index in [1.165, 1.54) is 166 Å². The fourth-order valence-electron chi connectivity index (χ4n) is 14.5. The van der Waals surface area contributed by atoms with Crippen LogP contribution in [0.25, 0.3) is 99.5 Å². The van der Waals surface area contributed by atoms with Gasteiger partial charge in [-0.1, -0.05) is 222 Å². The van der Waals surface area contributed by atoms with Crippen LogP contribution in [-0.4, -0.2) is 15.8 Å². The highest BCUT2D eigenvalue weighted by Crippen LogP contribution is 2.53. The van der Waals surface area contributed by atoms with E-state index < -0.39 is 0 Å². The first-order valence-corrected chi connectivity index (χ1v) is 27.0. The Hall–Kier alpha value is -8.92. The van der Waals surface area contributed by atoms with E-state index in [0.29, 0.717) is 0 Å². The van der Waals surface area contributed by atoms with Crippen molar-refractivity contribution in [3.8, 4) is 55.9 Å². The molecule has 13 aromatic rings. The Morgan fingerprint density at radius 3 is 1.26 bits per heavy atom. The van der Waals surface area contributed by atoms with Crippen molar-refractivity contribution >= 4 is 66.7 Å². The van der Waals surface area contributed by atoms with E-state index in [1.807, 2.05) is 0 Å². The first-order chi connectivity index (χ1) is 37.2. The van der Waals surface area contributed by atoms with Crippen LogP contribution < -0.4 is 16.4 Å². The van der Waals surface area contributed by atoms with E-state index in [2.05, 4.69) is 269 Å². The standard InChI is InChI=1S/C73H55BN2/c1-43-37-45(3)65(46(4)38-43)66-57-34-33-55(51-25-15-9-16-26-51)69-67-53(49-21-11-7-12-22-49)29-19-31-61(67)75(72(57)69)63-42-60-64(41-58(63)66)76-62-32-20-30-54(50-23-13-8-14-24-50)68(62)70-56(52-27-17-10-18-28-52)35-36-59(73(70)76)74(60)71-47(5)39-44(2)40-48(71)6/h7-42,66H,1-6H3. The van der Waals surface area contributed by atoms with Gasteiger partial charge < -0.3 is 9.13 Å². The summed E-state index contributed by atoms with van der Waals surface area (Å²) in [7, 11) is 0. The molecule has 360 valence electrons. The molecule has 0 aliphatic carbocycles. The molecule has 0 fully saturated rings. The second-order valence-electron chi connectivity index (χ2n) is 21.8. The van der Waals surface area contributed by atoms with E-state index in [1.54, 1.807) is 0 Å². The molecular formula is C73H55BN2. The molecule has 0 saturated carbocycles. The molecular weight excluding hydrogens is 916 g/mol. The molecule has 0 radical (unpaired) electrons. The number of fused-ring (bicyclic) bond motifs is 10. The Bertz CT molecular complexity index is 4220. The third-order valence-corrected chi connectivity index (χ3v) is 17.2. The van der Waals surface area contributed by atoms with Gasteiger partial charge in [-0.2, -0.15) is 0 Å². The van der Waals surface area contributed by atoms with Crippen molar-refractivity contribution in [2.24, 2.45) is 0 Å². The van der Waals surface area contributed by atoms with Gasteiger partial charge in [-0.15, -0.1) is 0 Å². The number of hydrogen-bond donors (Lipinski definition) is 0. The summed E-state index contributed by atoms with van der Waals surface area (Å²) in [6.45, 7) is 13.8. The topological polar surface area (TPSA) is 9.86 Å². The zero-order chi connectivity index (χ0) is 51.1. The molecule has 2 aliphatic heterocycles. The SMILES string of the molecule is Cc1cc(C)c(B2c3cc4c(cc3-n3c5cccc(-c6ccccc6)c5c5c(-c6ccccc6)ccc2c53)C(c2c(C)cc(C)cc2C)c2ccc(-c3ccccc3)c3c5c(-c6ccccc6)cccc5n-4c23)c(C)c1. The highest BCUT2D eigenvalue weighted by atomic mass is 15.0. The number of hydrogen-bond acceptors (Lipinski definition) is 0. The van der Waals surface area contributed by atoms with Crippen LogP contribution in [0.15, 0.2) is 218 Å². The Kier molecular flexibility index (Phi) is 9.85. The molecule has 2 aliphatic rings. The largest absolute Gasteiger partial charge is 0.310 e. The van der Waals surface area contributed by atoms with Crippen LogP contribution in [0.4, 0.5) is 0 Å². The molecule has 1 atom stereocenters. The summed E-state index contributed by atoms with van der Waals surface area (Å²) < 4.78 is 5.36. The van der Waals surface area contributed by atoms with Gasteiger partial charge in [0.25, 0.3) is 0 Å². The van der Waals surface area contributed by atoms with E-state index in [9.17, 15) is 0 Å². The lowest BCUT2D eigenvalue weighted by molar-refractivity contribution is 0.901. The molecule has 0 N–H and O–H groups in total. The molecule has 0 amide bonds. The highest BCUT2D eigenvalue weighted by Gasteiger charge is 2.41. The molecule has 0 spiro atoms. The molecule has 11 aromatic carbocycles. The summed E-state index contributed by atoms with van der Waals surface area (Å²) in [6.07, 6.45) is 0. The van der Waals surface area contributed by atoms with Gasteiger partial charge in [0.1, 0.15) is 0 Å². The van der Waals surface area contributed by atoms with Gasteiger partial charge in [0.2, 0.25) is 6.71 Å². The van der Waals surface area contributed by atoms with Crippen LogP contribution >= 0.6 is 0 Å². The smallest absolute Gasteiger partial charge is 0.247 e. The van der Waals surface area contributed by atoms with Crippen LogP contribution in [0.3, 0.4) is 0 Å². The van der Waals surface area contributed by atoms with Crippen molar-refractivity contribution in [3.63, 3.8) is 0 Å². The first-order valence-electron chi connectivity index (χ1n) is 27.0. The summed E-state index contributed by atoms with van der Waals surface area (Å²) >= 11 is 0. The molecule has 0 bridgehead atoms. The predicted octanol–water partition coefficient (Wildman–Crippen LogP) is 16.7. The van der Waals surface area contributed by atoms with Crippen LogP contribution in [0.2, 0.25) is 0 Å². The molecule has 3 heteroatoms. The summed E-state index contributed by atoms with van der Waals surface area (Å²) in [6, 6.07) is 83.0. The average molecular weight is 971 g/mol. The van der Waals surface area contributed by atoms with Gasteiger partial charge in [0, 0.05) is 38.8 Å². The maximum atomic E-state index is 2.68. The lowest BCUT2D eigenvalue weighted by Crippen LogP contribution is -2.57. The van der Waals surface area contributed by atoms with Gasteiger partial charge >= 0.3 is 0 Å². The number of rotatable bonds is 6. The normalized spacial score (nSPS) is 13.5. The summed E-state index contributed by atoms with van der Waals surface area (Å²) in [4.78, 5) is 0. The summed E-state index contributed by atoms with van der Waals surface area (Å²) in [5, 5.41) is 5.19. The lowest BCUT2D eigenvalue weighted by Gasteiger charge is -2.35.